The molecule has 5 nitrogen and oxygen atoms in total. The summed E-state index contributed by atoms with van der Waals surface area (Å²) in [4.78, 5) is 0. The molecule has 1 atom stereocenters. The van der Waals surface area contributed by atoms with Gasteiger partial charge in [0, 0.05) is 16.5 Å². The third-order valence-corrected chi connectivity index (χ3v) is 5.10. The van der Waals surface area contributed by atoms with E-state index >= 15 is 0 Å². The zero-order chi connectivity index (χ0) is 18.8. The number of nitrogens with zero attached hydrogens (tertiary/aromatic N) is 2. The number of nitrogens with one attached hydrogen (secondary N) is 1. The van der Waals surface area contributed by atoms with Crippen LogP contribution in [0.15, 0.2) is 66.1 Å². The van der Waals surface area contributed by atoms with Gasteiger partial charge < -0.3 is 10.5 Å². The molecule has 2 heterocycles. The summed E-state index contributed by atoms with van der Waals surface area (Å²) in [7, 11) is 0. The Morgan fingerprint density at radius 1 is 1.15 bits per heavy atom. The van der Waals surface area contributed by atoms with Gasteiger partial charge in [0.05, 0.1) is 16.8 Å². The van der Waals surface area contributed by atoms with Gasteiger partial charge in [-0.3, -0.25) is 5.10 Å². The van der Waals surface area contributed by atoms with E-state index in [1.165, 1.54) is 5.56 Å². The van der Waals surface area contributed by atoms with Crippen LogP contribution < -0.4 is 10.5 Å². The molecule has 3 N–H and O–H groups in total. The first-order valence-corrected chi connectivity index (χ1v) is 9.01. The Hall–Kier alpha value is -3.23. The van der Waals surface area contributed by atoms with E-state index in [4.69, 9.17) is 22.1 Å². The number of allylic oxidation sites excluding steroid dienone is 1. The lowest BCUT2D eigenvalue weighted by atomic mass is 9.84. The highest BCUT2D eigenvalue weighted by atomic mass is 35.5. The third-order valence-electron chi connectivity index (χ3n) is 4.77. The van der Waals surface area contributed by atoms with Gasteiger partial charge in [-0.1, -0.05) is 60.1 Å². The number of nitrogens with two attached hydrogens (primary N) is 1. The van der Waals surface area contributed by atoms with Gasteiger partial charge >= 0.3 is 0 Å². The van der Waals surface area contributed by atoms with Gasteiger partial charge in [0.15, 0.2) is 0 Å². The van der Waals surface area contributed by atoms with Crippen molar-refractivity contribution in [3.63, 3.8) is 0 Å². The standard InChI is InChI=1S/C21H17ClN4O/c22-17-9-5-4-8-15(17)19-18-14(11-10-13-6-2-1-3-7-13)16(12-23)20(24)27-21(18)26-25-19/h1-9,14H,10-11,24H2,(H,25,26)/t14-/m0/s1. The summed E-state index contributed by atoms with van der Waals surface area (Å²) in [5.41, 5.74) is 10.0. The topological polar surface area (TPSA) is 87.7 Å². The van der Waals surface area contributed by atoms with Crippen LogP contribution in [0, 0.1) is 11.3 Å². The molecule has 0 amide bonds. The quantitative estimate of drug-likeness (QED) is 0.700. The predicted molar refractivity (Wildman–Crippen MR) is 104 cm³/mol. The molecule has 0 fully saturated rings. The van der Waals surface area contributed by atoms with E-state index < -0.39 is 0 Å². The van der Waals surface area contributed by atoms with Crippen LogP contribution in [0.2, 0.25) is 5.02 Å². The number of rotatable bonds is 4. The molecule has 1 aliphatic rings. The second-order valence-corrected chi connectivity index (χ2v) is 6.77. The lowest BCUT2D eigenvalue weighted by Crippen LogP contribution is -2.20. The van der Waals surface area contributed by atoms with E-state index in [-0.39, 0.29) is 11.8 Å². The van der Waals surface area contributed by atoms with E-state index in [0.717, 1.165) is 23.2 Å². The first-order chi connectivity index (χ1) is 13.2. The second kappa shape index (κ2) is 7.18. The smallest absolute Gasteiger partial charge is 0.244 e. The molecule has 3 aromatic rings. The molecule has 0 spiro atoms. The fourth-order valence-electron chi connectivity index (χ4n) is 3.46. The van der Waals surface area contributed by atoms with Crippen molar-refractivity contribution in [1.82, 2.24) is 10.2 Å². The summed E-state index contributed by atoms with van der Waals surface area (Å²) in [6, 6.07) is 19.9. The van der Waals surface area contributed by atoms with Gasteiger partial charge in [0.2, 0.25) is 11.8 Å². The van der Waals surface area contributed by atoms with Crippen LogP contribution >= 0.6 is 11.6 Å². The van der Waals surface area contributed by atoms with Gasteiger partial charge in [0.25, 0.3) is 0 Å². The maximum absolute atomic E-state index is 9.68. The van der Waals surface area contributed by atoms with Crippen molar-refractivity contribution in [2.75, 3.05) is 0 Å². The highest BCUT2D eigenvalue weighted by Crippen LogP contribution is 2.45. The second-order valence-electron chi connectivity index (χ2n) is 6.37. The molecule has 0 unspecified atom stereocenters. The van der Waals surface area contributed by atoms with E-state index in [1.54, 1.807) is 0 Å². The first-order valence-electron chi connectivity index (χ1n) is 8.63. The van der Waals surface area contributed by atoms with Crippen molar-refractivity contribution < 1.29 is 4.74 Å². The van der Waals surface area contributed by atoms with Crippen LogP contribution in [0.3, 0.4) is 0 Å². The monoisotopic (exact) mass is 376 g/mol. The maximum atomic E-state index is 9.68. The van der Waals surface area contributed by atoms with Crippen molar-refractivity contribution in [3.05, 3.63) is 82.2 Å². The fourth-order valence-corrected chi connectivity index (χ4v) is 3.69. The molecule has 0 radical (unpaired) electrons. The number of hydrogen-bond acceptors (Lipinski definition) is 4. The summed E-state index contributed by atoms with van der Waals surface area (Å²) in [5, 5.41) is 17.6. The summed E-state index contributed by atoms with van der Waals surface area (Å²) >= 11 is 6.39. The molecule has 6 heteroatoms. The summed E-state index contributed by atoms with van der Waals surface area (Å²) in [6.07, 6.45) is 1.51. The lowest BCUT2D eigenvalue weighted by Gasteiger charge is -2.24. The Labute approximate surface area is 162 Å². The van der Waals surface area contributed by atoms with Gasteiger partial charge in [-0.05, 0) is 24.5 Å². The Bertz CT molecular complexity index is 1050. The molecule has 0 aliphatic carbocycles. The molecule has 27 heavy (non-hydrogen) atoms. The largest absolute Gasteiger partial charge is 0.420 e. The van der Waals surface area contributed by atoms with Gasteiger partial charge in [-0.25, -0.2) is 0 Å². The minimum absolute atomic E-state index is 0.111. The SMILES string of the molecule is N#CC1=C(N)Oc2n[nH]c(-c3ccccc3Cl)c2[C@H]1CCc1ccccc1. The van der Waals surface area contributed by atoms with Crippen LogP contribution in [0.25, 0.3) is 11.3 Å². The number of H-pyrrole nitrogens is 1. The van der Waals surface area contributed by atoms with E-state index in [2.05, 4.69) is 28.4 Å². The number of ether oxygens (including phenoxy) is 1. The molecule has 2 aromatic carbocycles. The first kappa shape index (κ1) is 17.2. The summed E-state index contributed by atoms with van der Waals surface area (Å²) in [6.45, 7) is 0. The zero-order valence-corrected chi connectivity index (χ0v) is 15.2. The number of benzene rings is 2. The van der Waals surface area contributed by atoms with Crippen molar-refractivity contribution in [2.24, 2.45) is 5.73 Å². The van der Waals surface area contributed by atoms with Crippen LogP contribution in [-0.2, 0) is 6.42 Å². The van der Waals surface area contributed by atoms with Crippen molar-refractivity contribution in [3.8, 4) is 23.2 Å². The van der Waals surface area contributed by atoms with E-state index in [9.17, 15) is 5.26 Å². The highest BCUT2D eigenvalue weighted by Gasteiger charge is 2.34. The Kier molecular flexibility index (Phi) is 4.57. The van der Waals surface area contributed by atoms with Crippen LogP contribution in [0.1, 0.15) is 23.5 Å². The van der Waals surface area contributed by atoms with Crippen molar-refractivity contribution in [1.29, 1.82) is 5.26 Å². The summed E-state index contributed by atoms with van der Waals surface area (Å²) in [5.74, 6) is 0.295. The molecule has 1 aliphatic heterocycles. The Morgan fingerprint density at radius 3 is 2.63 bits per heavy atom. The van der Waals surface area contributed by atoms with Crippen molar-refractivity contribution >= 4 is 11.6 Å². The van der Waals surface area contributed by atoms with Crippen molar-refractivity contribution in [2.45, 2.75) is 18.8 Å². The average Bonchev–Trinajstić information content (AvgIpc) is 3.10. The van der Waals surface area contributed by atoms with E-state index in [1.807, 2.05) is 42.5 Å². The molecular weight excluding hydrogens is 360 g/mol. The molecule has 0 saturated carbocycles. The van der Waals surface area contributed by atoms with Gasteiger partial charge in [-0.15, -0.1) is 5.10 Å². The number of aryl methyl sites for hydroxylation is 1. The Morgan fingerprint density at radius 2 is 1.89 bits per heavy atom. The normalized spacial score (nSPS) is 15.8. The lowest BCUT2D eigenvalue weighted by molar-refractivity contribution is 0.371. The minimum atomic E-state index is -0.219. The maximum Gasteiger partial charge on any atom is 0.244 e. The number of hydrogen-bond donors (Lipinski definition) is 2. The van der Waals surface area contributed by atoms with Crippen LogP contribution in [0.4, 0.5) is 0 Å². The average molecular weight is 377 g/mol. The van der Waals surface area contributed by atoms with E-state index in [0.29, 0.717) is 22.9 Å². The zero-order valence-electron chi connectivity index (χ0n) is 14.4. The fraction of sp³-hybridized carbons (Fsp3) is 0.143. The number of aromatic amines is 1. The number of halogens is 1. The molecule has 134 valence electrons. The predicted octanol–water partition coefficient (Wildman–Crippen LogP) is 4.53. The summed E-state index contributed by atoms with van der Waals surface area (Å²) < 4.78 is 5.61. The molecule has 4 rings (SSSR count). The number of fused-ring (bicyclic) bond motifs is 1. The van der Waals surface area contributed by atoms with Gasteiger partial charge in [-0.2, -0.15) is 5.26 Å². The number of aromatic nitrogens is 2. The van der Waals surface area contributed by atoms with Crippen LogP contribution in [-0.4, -0.2) is 10.2 Å². The molecule has 0 saturated heterocycles. The molecule has 1 aromatic heterocycles. The molecule has 0 bridgehead atoms. The number of nitriles is 1. The molecular formula is C21H17ClN4O. The van der Waals surface area contributed by atoms with Crippen LogP contribution in [0.5, 0.6) is 5.88 Å². The van der Waals surface area contributed by atoms with Gasteiger partial charge in [0.1, 0.15) is 6.07 Å². The Balaban J connectivity index is 1.77. The highest BCUT2D eigenvalue weighted by molar-refractivity contribution is 6.33. The third kappa shape index (κ3) is 3.16. The minimum Gasteiger partial charge on any atom is -0.420 e.